The molecule has 0 saturated carbocycles. The molecule has 3 nitrogen and oxygen atoms in total. The van der Waals surface area contributed by atoms with E-state index in [1.54, 1.807) is 0 Å². The van der Waals surface area contributed by atoms with E-state index in [1.807, 2.05) is 12.1 Å². The standard InChI is InChI=1S/C13H15NO2/c1-3-11-10-7-5-4-6-9(10)8-12(14-11)13(15)16-2/h4-7,12H,3,8H2,1-2H3/t12-/m1/s1. The molecule has 1 aromatic carbocycles. The average molecular weight is 217 g/mol. The number of hydrogen-bond donors (Lipinski definition) is 0. The van der Waals surface area contributed by atoms with Crippen molar-refractivity contribution >= 4 is 11.7 Å². The first kappa shape index (κ1) is 10.9. The second kappa shape index (κ2) is 4.47. The molecule has 3 heteroatoms. The van der Waals surface area contributed by atoms with Gasteiger partial charge in [0.05, 0.1) is 7.11 Å². The van der Waals surface area contributed by atoms with Crippen molar-refractivity contribution in [2.75, 3.05) is 7.11 Å². The van der Waals surface area contributed by atoms with Gasteiger partial charge in [-0.1, -0.05) is 31.2 Å². The van der Waals surface area contributed by atoms with Crippen LogP contribution in [-0.2, 0) is 16.0 Å². The predicted octanol–water partition coefficient (Wildman–Crippen LogP) is 1.98. The molecule has 1 atom stereocenters. The number of fused-ring (bicyclic) bond motifs is 1. The Hall–Kier alpha value is -1.64. The van der Waals surface area contributed by atoms with Gasteiger partial charge in [-0.05, 0) is 17.5 Å². The lowest BCUT2D eigenvalue weighted by Crippen LogP contribution is -2.28. The van der Waals surface area contributed by atoms with E-state index in [2.05, 4.69) is 24.0 Å². The highest BCUT2D eigenvalue weighted by Gasteiger charge is 2.25. The summed E-state index contributed by atoms with van der Waals surface area (Å²) in [7, 11) is 1.41. The summed E-state index contributed by atoms with van der Waals surface area (Å²) in [5, 5.41) is 0. The van der Waals surface area contributed by atoms with Crippen LogP contribution in [0.25, 0.3) is 0 Å². The number of aliphatic imine (C=N–C) groups is 1. The summed E-state index contributed by atoms with van der Waals surface area (Å²) < 4.78 is 4.75. The Kier molecular flexibility index (Phi) is 3.04. The molecule has 1 heterocycles. The summed E-state index contributed by atoms with van der Waals surface area (Å²) in [5.41, 5.74) is 3.35. The van der Waals surface area contributed by atoms with Crippen LogP contribution in [0.3, 0.4) is 0 Å². The topological polar surface area (TPSA) is 38.7 Å². The molecule has 1 aliphatic rings. The van der Waals surface area contributed by atoms with E-state index in [9.17, 15) is 4.79 Å². The molecule has 84 valence electrons. The Morgan fingerprint density at radius 3 is 2.94 bits per heavy atom. The number of rotatable bonds is 2. The van der Waals surface area contributed by atoms with Crippen molar-refractivity contribution < 1.29 is 9.53 Å². The molecule has 0 saturated heterocycles. The maximum Gasteiger partial charge on any atom is 0.330 e. The van der Waals surface area contributed by atoms with E-state index in [0.717, 1.165) is 12.1 Å². The molecule has 0 N–H and O–H groups in total. The number of hydrogen-bond acceptors (Lipinski definition) is 3. The molecule has 0 unspecified atom stereocenters. The number of benzene rings is 1. The molecule has 0 fully saturated rings. The lowest BCUT2D eigenvalue weighted by molar-refractivity contribution is -0.142. The van der Waals surface area contributed by atoms with Crippen LogP contribution in [0.4, 0.5) is 0 Å². The second-order valence-electron chi connectivity index (χ2n) is 3.83. The fraction of sp³-hybridized carbons (Fsp3) is 0.385. The molecule has 0 spiro atoms. The zero-order valence-electron chi connectivity index (χ0n) is 9.56. The monoisotopic (exact) mass is 217 g/mol. The third-order valence-corrected chi connectivity index (χ3v) is 2.86. The summed E-state index contributed by atoms with van der Waals surface area (Å²) >= 11 is 0. The minimum atomic E-state index is -0.366. The number of ether oxygens (including phenoxy) is 1. The van der Waals surface area contributed by atoms with E-state index < -0.39 is 0 Å². The minimum Gasteiger partial charge on any atom is -0.467 e. The molecule has 0 aliphatic carbocycles. The smallest absolute Gasteiger partial charge is 0.330 e. The molecule has 2 rings (SSSR count). The molecule has 1 aliphatic heterocycles. The third kappa shape index (κ3) is 1.85. The molecule has 0 bridgehead atoms. The highest BCUT2D eigenvalue weighted by molar-refractivity contribution is 6.04. The van der Waals surface area contributed by atoms with Gasteiger partial charge in [0, 0.05) is 12.1 Å². The van der Waals surface area contributed by atoms with Crippen molar-refractivity contribution in [3.63, 3.8) is 0 Å². The minimum absolute atomic E-state index is 0.250. The van der Waals surface area contributed by atoms with Crippen molar-refractivity contribution in [1.82, 2.24) is 0 Å². The van der Waals surface area contributed by atoms with Crippen LogP contribution in [0, 0.1) is 0 Å². The van der Waals surface area contributed by atoms with Crippen molar-refractivity contribution in [2.24, 2.45) is 4.99 Å². The summed E-state index contributed by atoms with van der Waals surface area (Å²) in [6, 6.07) is 7.74. The zero-order valence-corrected chi connectivity index (χ0v) is 9.56. The van der Waals surface area contributed by atoms with Gasteiger partial charge in [0.25, 0.3) is 0 Å². The Balaban J connectivity index is 2.39. The van der Waals surface area contributed by atoms with Crippen LogP contribution in [0.15, 0.2) is 29.3 Å². The number of esters is 1. The molecule has 1 aromatic rings. The van der Waals surface area contributed by atoms with Gasteiger partial charge in [-0.15, -0.1) is 0 Å². The molecule has 0 radical (unpaired) electrons. The van der Waals surface area contributed by atoms with Crippen LogP contribution < -0.4 is 0 Å². The number of carbonyl (C=O) groups is 1. The van der Waals surface area contributed by atoms with Gasteiger partial charge < -0.3 is 4.74 Å². The van der Waals surface area contributed by atoms with Gasteiger partial charge in [-0.25, -0.2) is 4.79 Å². The maximum absolute atomic E-state index is 11.5. The Morgan fingerprint density at radius 1 is 1.50 bits per heavy atom. The van der Waals surface area contributed by atoms with E-state index in [1.165, 1.54) is 18.2 Å². The van der Waals surface area contributed by atoms with Crippen LogP contribution in [0.1, 0.15) is 24.5 Å². The van der Waals surface area contributed by atoms with E-state index in [0.29, 0.717) is 6.42 Å². The molecule has 0 amide bonds. The normalized spacial score (nSPS) is 18.6. The molecular formula is C13H15NO2. The summed E-state index contributed by atoms with van der Waals surface area (Å²) in [6.07, 6.45) is 1.48. The fourth-order valence-corrected chi connectivity index (χ4v) is 2.05. The summed E-state index contributed by atoms with van der Waals surface area (Å²) in [6.45, 7) is 2.05. The summed E-state index contributed by atoms with van der Waals surface area (Å²) in [4.78, 5) is 16.0. The maximum atomic E-state index is 11.5. The first-order valence-electron chi connectivity index (χ1n) is 5.49. The van der Waals surface area contributed by atoms with Crippen molar-refractivity contribution in [1.29, 1.82) is 0 Å². The van der Waals surface area contributed by atoms with Crippen molar-refractivity contribution in [3.8, 4) is 0 Å². The van der Waals surface area contributed by atoms with E-state index in [-0.39, 0.29) is 12.0 Å². The third-order valence-electron chi connectivity index (χ3n) is 2.86. The molecule has 0 aromatic heterocycles. The van der Waals surface area contributed by atoms with E-state index in [4.69, 9.17) is 4.74 Å². The van der Waals surface area contributed by atoms with Crippen molar-refractivity contribution in [3.05, 3.63) is 35.4 Å². The first-order chi connectivity index (χ1) is 7.76. The SMILES string of the molecule is CCC1=N[C@@H](C(=O)OC)Cc2ccccc21. The predicted molar refractivity (Wildman–Crippen MR) is 62.8 cm³/mol. The van der Waals surface area contributed by atoms with Crippen LogP contribution in [-0.4, -0.2) is 24.8 Å². The van der Waals surface area contributed by atoms with E-state index >= 15 is 0 Å². The molecular weight excluding hydrogens is 202 g/mol. The Bertz CT molecular complexity index is 437. The quantitative estimate of drug-likeness (QED) is 0.710. The highest BCUT2D eigenvalue weighted by Crippen LogP contribution is 2.21. The number of carbonyl (C=O) groups excluding carboxylic acids is 1. The van der Waals surface area contributed by atoms with Gasteiger partial charge in [-0.2, -0.15) is 0 Å². The van der Waals surface area contributed by atoms with Gasteiger partial charge in [0.2, 0.25) is 0 Å². The zero-order chi connectivity index (χ0) is 11.5. The average Bonchev–Trinajstić information content (AvgIpc) is 2.36. The summed E-state index contributed by atoms with van der Waals surface area (Å²) in [5.74, 6) is -0.250. The largest absolute Gasteiger partial charge is 0.467 e. The Labute approximate surface area is 95.2 Å². The van der Waals surface area contributed by atoms with Gasteiger partial charge >= 0.3 is 5.97 Å². The lowest BCUT2D eigenvalue weighted by atomic mass is 9.92. The first-order valence-corrected chi connectivity index (χ1v) is 5.49. The lowest BCUT2D eigenvalue weighted by Gasteiger charge is -2.21. The number of methoxy groups -OCH3 is 1. The fourth-order valence-electron chi connectivity index (χ4n) is 2.05. The van der Waals surface area contributed by atoms with Crippen LogP contribution in [0.5, 0.6) is 0 Å². The van der Waals surface area contributed by atoms with Gasteiger partial charge in [0.15, 0.2) is 6.04 Å². The second-order valence-corrected chi connectivity index (χ2v) is 3.83. The van der Waals surface area contributed by atoms with Crippen LogP contribution in [0.2, 0.25) is 0 Å². The van der Waals surface area contributed by atoms with Gasteiger partial charge in [0.1, 0.15) is 0 Å². The molecule has 16 heavy (non-hydrogen) atoms. The number of nitrogens with zero attached hydrogens (tertiary/aromatic N) is 1. The van der Waals surface area contributed by atoms with Crippen LogP contribution >= 0.6 is 0 Å². The van der Waals surface area contributed by atoms with Gasteiger partial charge in [-0.3, -0.25) is 4.99 Å². The highest BCUT2D eigenvalue weighted by atomic mass is 16.5. The van der Waals surface area contributed by atoms with Crippen molar-refractivity contribution in [2.45, 2.75) is 25.8 Å². The Morgan fingerprint density at radius 2 is 2.25 bits per heavy atom.